The fourth-order valence-corrected chi connectivity index (χ4v) is 3.26. The molecule has 0 saturated heterocycles. The molecule has 1 aromatic carbocycles. The van der Waals surface area contributed by atoms with Gasteiger partial charge in [0.25, 0.3) is 0 Å². The SMILES string of the molecule is CCCCCC(C)CC(C)CCC(C)c1ccc(C)cc1. The Bertz CT molecular complexity index is 362. The molecule has 0 bridgehead atoms. The van der Waals surface area contributed by atoms with E-state index in [1.165, 1.54) is 56.1 Å². The average molecular weight is 289 g/mol. The van der Waals surface area contributed by atoms with E-state index < -0.39 is 0 Å². The Labute approximate surface area is 133 Å². The Kier molecular flexibility index (Phi) is 8.73. The maximum atomic E-state index is 2.44. The van der Waals surface area contributed by atoms with E-state index >= 15 is 0 Å². The molecule has 0 aliphatic carbocycles. The largest absolute Gasteiger partial charge is 0.0654 e. The minimum absolute atomic E-state index is 0.698. The number of hydrogen-bond donors (Lipinski definition) is 0. The second-order valence-corrected chi connectivity index (χ2v) is 7.33. The summed E-state index contributed by atoms with van der Waals surface area (Å²) >= 11 is 0. The van der Waals surface area contributed by atoms with Crippen molar-refractivity contribution in [3.05, 3.63) is 35.4 Å². The molecule has 0 nitrogen and oxygen atoms in total. The number of unbranched alkanes of at least 4 members (excludes halogenated alkanes) is 2. The number of rotatable bonds is 10. The lowest BCUT2D eigenvalue weighted by molar-refractivity contribution is 0.356. The molecule has 3 unspecified atom stereocenters. The third kappa shape index (κ3) is 7.69. The van der Waals surface area contributed by atoms with Gasteiger partial charge < -0.3 is 0 Å². The van der Waals surface area contributed by atoms with Crippen molar-refractivity contribution in [1.29, 1.82) is 0 Å². The van der Waals surface area contributed by atoms with Crippen molar-refractivity contribution in [3.8, 4) is 0 Å². The third-order valence-electron chi connectivity index (χ3n) is 4.84. The van der Waals surface area contributed by atoms with Crippen molar-refractivity contribution in [2.45, 2.75) is 85.5 Å². The van der Waals surface area contributed by atoms with Crippen molar-refractivity contribution in [2.24, 2.45) is 11.8 Å². The van der Waals surface area contributed by atoms with Gasteiger partial charge in [0.1, 0.15) is 0 Å². The highest BCUT2D eigenvalue weighted by molar-refractivity contribution is 5.23. The molecule has 0 N–H and O–H groups in total. The van der Waals surface area contributed by atoms with Crippen LogP contribution in [-0.4, -0.2) is 0 Å². The Hall–Kier alpha value is -0.780. The van der Waals surface area contributed by atoms with Crippen LogP contribution in [0.5, 0.6) is 0 Å². The molecule has 3 atom stereocenters. The molecule has 21 heavy (non-hydrogen) atoms. The molecule has 0 heteroatoms. The van der Waals surface area contributed by atoms with Gasteiger partial charge in [-0.25, -0.2) is 0 Å². The minimum Gasteiger partial charge on any atom is -0.0654 e. The summed E-state index contributed by atoms with van der Waals surface area (Å²) in [5.74, 6) is 2.47. The zero-order valence-electron chi connectivity index (χ0n) is 15.0. The zero-order valence-corrected chi connectivity index (χ0v) is 15.0. The van der Waals surface area contributed by atoms with Crippen LogP contribution in [0.25, 0.3) is 0 Å². The van der Waals surface area contributed by atoms with Crippen LogP contribution >= 0.6 is 0 Å². The van der Waals surface area contributed by atoms with Crippen LogP contribution in [0.4, 0.5) is 0 Å². The first-order valence-corrected chi connectivity index (χ1v) is 9.09. The zero-order chi connectivity index (χ0) is 15.7. The lowest BCUT2D eigenvalue weighted by atomic mass is 9.86. The summed E-state index contributed by atoms with van der Waals surface area (Å²) < 4.78 is 0. The van der Waals surface area contributed by atoms with Crippen molar-refractivity contribution in [2.75, 3.05) is 0 Å². The molecular formula is C21H36. The summed E-state index contributed by atoms with van der Waals surface area (Å²) in [4.78, 5) is 0. The standard InChI is InChI=1S/C21H36/c1-6-7-8-9-18(3)16-19(4)10-13-20(5)21-14-11-17(2)12-15-21/h11-12,14-15,18-20H,6-10,13,16H2,1-5H3. The highest BCUT2D eigenvalue weighted by Crippen LogP contribution is 2.27. The number of aryl methyl sites for hydroxylation is 1. The van der Waals surface area contributed by atoms with Crippen molar-refractivity contribution >= 4 is 0 Å². The fourth-order valence-electron chi connectivity index (χ4n) is 3.26. The molecule has 0 aliphatic rings. The van der Waals surface area contributed by atoms with E-state index in [0.717, 1.165) is 11.8 Å². The van der Waals surface area contributed by atoms with E-state index in [2.05, 4.69) is 58.9 Å². The van der Waals surface area contributed by atoms with Gasteiger partial charge in [-0.2, -0.15) is 0 Å². The van der Waals surface area contributed by atoms with Gasteiger partial charge in [-0.15, -0.1) is 0 Å². The van der Waals surface area contributed by atoms with Gasteiger partial charge in [0.2, 0.25) is 0 Å². The van der Waals surface area contributed by atoms with Crippen LogP contribution < -0.4 is 0 Å². The predicted molar refractivity (Wildman–Crippen MR) is 95.9 cm³/mol. The maximum absolute atomic E-state index is 2.44. The van der Waals surface area contributed by atoms with Crippen molar-refractivity contribution in [3.63, 3.8) is 0 Å². The summed E-state index contributed by atoms with van der Waals surface area (Å²) in [6.45, 7) is 11.7. The van der Waals surface area contributed by atoms with Gasteiger partial charge in [-0.1, -0.05) is 89.6 Å². The van der Waals surface area contributed by atoms with E-state index in [1.54, 1.807) is 0 Å². The topological polar surface area (TPSA) is 0 Å². The third-order valence-corrected chi connectivity index (χ3v) is 4.84. The lowest BCUT2D eigenvalue weighted by Gasteiger charge is -2.19. The summed E-state index contributed by atoms with van der Waals surface area (Å²) in [5.41, 5.74) is 2.86. The lowest BCUT2D eigenvalue weighted by Crippen LogP contribution is -2.05. The second kappa shape index (κ2) is 10.0. The molecule has 0 aliphatic heterocycles. The number of benzene rings is 1. The first-order valence-electron chi connectivity index (χ1n) is 9.09. The summed E-state index contributed by atoms with van der Waals surface area (Å²) in [6.07, 6.45) is 9.69. The van der Waals surface area contributed by atoms with E-state index in [-0.39, 0.29) is 0 Å². The van der Waals surface area contributed by atoms with Crippen LogP contribution in [-0.2, 0) is 0 Å². The van der Waals surface area contributed by atoms with Gasteiger partial charge in [0, 0.05) is 0 Å². The smallest absolute Gasteiger partial charge is 0.0190 e. The minimum atomic E-state index is 0.698. The highest BCUT2D eigenvalue weighted by atomic mass is 14.2. The first-order chi connectivity index (χ1) is 10.0. The van der Waals surface area contributed by atoms with Crippen LogP contribution in [0.15, 0.2) is 24.3 Å². The average Bonchev–Trinajstić information content (AvgIpc) is 2.46. The normalized spacial score (nSPS) is 15.7. The Balaban J connectivity index is 2.25. The van der Waals surface area contributed by atoms with Gasteiger partial charge in [0.05, 0.1) is 0 Å². The monoisotopic (exact) mass is 288 g/mol. The molecule has 120 valence electrons. The van der Waals surface area contributed by atoms with E-state index in [9.17, 15) is 0 Å². The van der Waals surface area contributed by atoms with Crippen LogP contribution in [0, 0.1) is 18.8 Å². The molecule has 0 saturated carbocycles. The highest BCUT2D eigenvalue weighted by Gasteiger charge is 2.11. The second-order valence-electron chi connectivity index (χ2n) is 7.33. The quantitative estimate of drug-likeness (QED) is 0.402. The maximum Gasteiger partial charge on any atom is -0.0190 e. The fraction of sp³-hybridized carbons (Fsp3) is 0.714. The van der Waals surface area contributed by atoms with E-state index in [1.807, 2.05) is 0 Å². The number of hydrogen-bond acceptors (Lipinski definition) is 0. The van der Waals surface area contributed by atoms with E-state index in [4.69, 9.17) is 0 Å². The summed E-state index contributed by atoms with van der Waals surface area (Å²) in [5, 5.41) is 0. The summed E-state index contributed by atoms with van der Waals surface area (Å²) in [6, 6.07) is 9.09. The molecular weight excluding hydrogens is 252 g/mol. The van der Waals surface area contributed by atoms with Gasteiger partial charge in [0.15, 0.2) is 0 Å². The van der Waals surface area contributed by atoms with Crippen LogP contribution in [0.1, 0.15) is 89.7 Å². The molecule has 0 amide bonds. The molecule has 0 aromatic heterocycles. The van der Waals surface area contributed by atoms with Gasteiger partial charge in [-0.05, 0) is 43.1 Å². The van der Waals surface area contributed by atoms with Gasteiger partial charge >= 0.3 is 0 Å². The Morgan fingerprint density at radius 2 is 1.43 bits per heavy atom. The van der Waals surface area contributed by atoms with Crippen molar-refractivity contribution in [1.82, 2.24) is 0 Å². The van der Waals surface area contributed by atoms with Crippen LogP contribution in [0.2, 0.25) is 0 Å². The summed E-state index contributed by atoms with van der Waals surface area (Å²) in [7, 11) is 0. The predicted octanol–water partition coefficient (Wildman–Crippen LogP) is 7.12. The Morgan fingerprint density at radius 1 is 0.810 bits per heavy atom. The van der Waals surface area contributed by atoms with Gasteiger partial charge in [-0.3, -0.25) is 0 Å². The Morgan fingerprint density at radius 3 is 2.05 bits per heavy atom. The molecule has 0 heterocycles. The van der Waals surface area contributed by atoms with E-state index in [0.29, 0.717) is 5.92 Å². The van der Waals surface area contributed by atoms with Crippen LogP contribution in [0.3, 0.4) is 0 Å². The molecule has 1 rings (SSSR count). The first kappa shape index (κ1) is 18.3. The molecule has 1 aromatic rings. The molecule has 0 fully saturated rings. The molecule has 0 radical (unpaired) electrons. The molecule has 0 spiro atoms. The van der Waals surface area contributed by atoms with Crippen molar-refractivity contribution < 1.29 is 0 Å².